The standard InChI is InChI=1S/C20H23Cl3NO6P/c1-3-29-31(27,30-4-2)18(24-19(26)28-13-20(21,22)23)12-17(25)16-10-9-14-7-5-6-8-15(14)11-16/h5-11,18H,3-4,12-13H2,1-2H3,(H,24,26). The van der Waals surface area contributed by atoms with Gasteiger partial charge in [-0.15, -0.1) is 0 Å². The first-order valence-electron chi connectivity index (χ1n) is 9.48. The number of alkyl halides is 3. The molecule has 0 aliphatic heterocycles. The van der Waals surface area contributed by atoms with E-state index in [1.165, 1.54) is 0 Å². The zero-order chi connectivity index (χ0) is 23.1. The van der Waals surface area contributed by atoms with Crippen LogP contribution in [0.3, 0.4) is 0 Å². The molecule has 0 spiro atoms. The minimum absolute atomic E-state index is 0.0445. The number of fused-ring (bicyclic) bond motifs is 1. The van der Waals surface area contributed by atoms with Gasteiger partial charge in [0.15, 0.2) is 5.78 Å². The van der Waals surface area contributed by atoms with Gasteiger partial charge >= 0.3 is 13.7 Å². The van der Waals surface area contributed by atoms with Crippen LogP contribution in [0.15, 0.2) is 42.5 Å². The van der Waals surface area contributed by atoms with E-state index in [2.05, 4.69) is 5.32 Å². The highest BCUT2D eigenvalue weighted by Crippen LogP contribution is 2.53. The summed E-state index contributed by atoms with van der Waals surface area (Å²) in [6.07, 6.45) is -1.37. The highest BCUT2D eigenvalue weighted by molar-refractivity contribution is 7.54. The predicted octanol–water partition coefficient (Wildman–Crippen LogP) is 6.10. The van der Waals surface area contributed by atoms with Crippen molar-refractivity contribution in [3.8, 4) is 0 Å². The fourth-order valence-electron chi connectivity index (χ4n) is 2.80. The summed E-state index contributed by atoms with van der Waals surface area (Å²) < 4.78 is 26.9. The van der Waals surface area contributed by atoms with Gasteiger partial charge in [0.25, 0.3) is 0 Å². The van der Waals surface area contributed by atoms with Crippen LogP contribution in [0.5, 0.6) is 0 Å². The monoisotopic (exact) mass is 509 g/mol. The van der Waals surface area contributed by atoms with Crippen molar-refractivity contribution in [1.82, 2.24) is 5.32 Å². The lowest BCUT2D eigenvalue weighted by molar-refractivity contribution is 0.0965. The maximum absolute atomic E-state index is 13.3. The molecule has 31 heavy (non-hydrogen) atoms. The van der Waals surface area contributed by atoms with Crippen LogP contribution in [-0.2, 0) is 18.3 Å². The minimum atomic E-state index is -3.90. The second-order valence-electron chi connectivity index (χ2n) is 6.42. The van der Waals surface area contributed by atoms with Crippen LogP contribution in [0.2, 0.25) is 0 Å². The third-order valence-electron chi connectivity index (χ3n) is 4.10. The van der Waals surface area contributed by atoms with Crippen LogP contribution in [0.4, 0.5) is 4.79 Å². The quantitative estimate of drug-likeness (QED) is 0.236. The van der Waals surface area contributed by atoms with E-state index in [-0.39, 0.29) is 25.4 Å². The van der Waals surface area contributed by atoms with Gasteiger partial charge in [0, 0.05) is 12.0 Å². The smallest absolute Gasteiger partial charge is 0.408 e. The second-order valence-corrected chi connectivity index (χ2v) is 11.2. The van der Waals surface area contributed by atoms with Gasteiger partial charge in [-0.3, -0.25) is 9.36 Å². The maximum atomic E-state index is 13.3. The number of amides is 1. The summed E-state index contributed by atoms with van der Waals surface area (Å²) in [5.74, 6) is -1.66. The van der Waals surface area contributed by atoms with Crippen molar-refractivity contribution in [3.63, 3.8) is 0 Å². The number of ether oxygens (including phenoxy) is 1. The minimum Gasteiger partial charge on any atom is -0.445 e. The van der Waals surface area contributed by atoms with E-state index in [0.717, 1.165) is 10.8 Å². The molecule has 0 aliphatic carbocycles. The average molecular weight is 511 g/mol. The Labute approximate surface area is 195 Å². The number of carbonyl (C=O) groups is 2. The van der Waals surface area contributed by atoms with Gasteiger partial charge in [-0.2, -0.15) is 0 Å². The fourth-order valence-corrected chi connectivity index (χ4v) is 4.77. The number of ketones is 1. The summed E-state index contributed by atoms with van der Waals surface area (Å²) in [5.41, 5.74) is 0.389. The van der Waals surface area contributed by atoms with Gasteiger partial charge in [0.05, 0.1) is 13.2 Å². The van der Waals surface area contributed by atoms with E-state index < -0.39 is 29.9 Å². The molecule has 1 amide bonds. The Balaban J connectivity index is 2.26. The molecule has 2 aromatic rings. The van der Waals surface area contributed by atoms with Crippen molar-refractivity contribution in [2.24, 2.45) is 0 Å². The second kappa shape index (κ2) is 11.5. The summed E-state index contributed by atoms with van der Waals surface area (Å²) in [6, 6.07) is 12.8. The molecule has 0 fully saturated rings. The van der Waals surface area contributed by atoms with Gasteiger partial charge < -0.3 is 19.1 Å². The largest absolute Gasteiger partial charge is 0.445 e. The van der Waals surface area contributed by atoms with Crippen molar-refractivity contribution < 1.29 is 27.9 Å². The van der Waals surface area contributed by atoms with Crippen LogP contribution in [0.1, 0.15) is 30.6 Å². The lowest BCUT2D eigenvalue weighted by Crippen LogP contribution is -2.39. The Morgan fingerprint density at radius 1 is 1.03 bits per heavy atom. The molecule has 1 unspecified atom stereocenters. The van der Waals surface area contributed by atoms with Gasteiger partial charge in [0.1, 0.15) is 12.4 Å². The Morgan fingerprint density at radius 2 is 1.65 bits per heavy atom. The molecular formula is C20H23Cl3NO6P. The number of Topliss-reactive ketones (excluding diaryl/α,β-unsaturated/α-hetero) is 1. The number of halogens is 3. The van der Waals surface area contributed by atoms with E-state index >= 15 is 0 Å². The van der Waals surface area contributed by atoms with Crippen LogP contribution >= 0.6 is 42.4 Å². The summed E-state index contributed by atoms with van der Waals surface area (Å²) in [7, 11) is -3.90. The Kier molecular flexibility index (Phi) is 9.62. The third kappa shape index (κ3) is 7.94. The molecule has 2 rings (SSSR count). The van der Waals surface area contributed by atoms with Gasteiger partial charge in [-0.25, -0.2) is 4.79 Å². The van der Waals surface area contributed by atoms with Crippen LogP contribution in [0.25, 0.3) is 10.8 Å². The van der Waals surface area contributed by atoms with Gasteiger partial charge in [-0.1, -0.05) is 71.2 Å². The van der Waals surface area contributed by atoms with Crippen LogP contribution in [-0.4, -0.2) is 41.3 Å². The molecule has 1 N–H and O–H groups in total. The summed E-state index contributed by atoms with van der Waals surface area (Å²) in [5, 5.41) is 4.21. The summed E-state index contributed by atoms with van der Waals surface area (Å²) >= 11 is 16.7. The van der Waals surface area contributed by atoms with E-state index in [9.17, 15) is 14.2 Å². The van der Waals surface area contributed by atoms with E-state index in [4.69, 9.17) is 48.6 Å². The van der Waals surface area contributed by atoms with Crippen molar-refractivity contribution >= 4 is 65.0 Å². The first kappa shape index (κ1) is 25.9. The first-order valence-corrected chi connectivity index (χ1v) is 12.2. The normalized spacial score (nSPS) is 13.1. The molecule has 0 aromatic heterocycles. The maximum Gasteiger partial charge on any atom is 0.408 e. The summed E-state index contributed by atoms with van der Waals surface area (Å²) in [6.45, 7) is 2.79. The van der Waals surface area contributed by atoms with Crippen molar-refractivity contribution in [2.75, 3.05) is 19.8 Å². The predicted molar refractivity (Wildman–Crippen MR) is 122 cm³/mol. The number of benzene rings is 2. The van der Waals surface area contributed by atoms with Crippen molar-refractivity contribution in [3.05, 3.63) is 48.0 Å². The van der Waals surface area contributed by atoms with Gasteiger partial charge in [0.2, 0.25) is 3.79 Å². The Bertz CT molecular complexity index is 955. The lowest BCUT2D eigenvalue weighted by Gasteiger charge is -2.26. The number of hydrogen-bond donors (Lipinski definition) is 1. The highest BCUT2D eigenvalue weighted by Gasteiger charge is 2.39. The molecule has 11 heteroatoms. The molecule has 0 saturated heterocycles. The van der Waals surface area contributed by atoms with Crippen molar-refractivity contribution in [1.29, 1.82) is 0 Å². The first-order chi connectivity index (χ1) is 14.6. The molecule has 1 atom stereocenters. The van der Waals surface area contributed by atoms with E-state index in [0.29, 0.717) is 5.56 Å². The SMILES string of the molecule is CCOP(=O)(OCC)C(CC(=O)c1ccc2ccccc2c1)NC(=O)OCC(Cl)(Cl)Cl. The fraction of sp³-hybridized carbons (Fsp3) is 0.400. The molecule has 0 saturated carbocycles. The van der Waals surface area contributed by atoms with Crippen molar-refractivity contribution in [2.45, 2.75) is 29.8 Å². The van der Waals surface area contributed by atoms with Gasteiger partial charge in [-0.05, 0) is 30.7 Å². The number of rotatable bonds is 10. The molecular weight excluding hydrogens is 488 g/mol. The third-order valence-corrected chi connectivity index (χ3v) is 6.74. The van der Waals surface area contributed by atoms with Crippen LogP contribution < -0.4 is 5.32 Å². The van der Waals surface area contributed by atoms with E-state index in [1.807, 2.05) is 30.3 Å². The zero-order valence-electron chi connectivity index (χ0n) is 17.0. The lowest BCUT2D eigenvalue weighted by atomic mass is 10.0. The molecule has 2 aromatic carbocycles. The molecule has 170 valence electrons. The Hall–Kier alpha value is -1.34. The number of nitrogens with one attached hydrogen (secondary N) is 1. The molecule has 7 nitrogen and oxygen atoms in total. The number of alkyl carbamates (subject to hydrolysis) is 1. The topological polar surface area (TPSA) is 90.9 Å². The molecule has 0 heterocycles. The zero-order valence-corrected chi connectivity index (χ0v) is 20.1. The Morgan fingerprint density at radius 3 is 2.23 bits per heavy atom. The summed E-state index contributed by atoms with van der Waals surface area (Å²) in [4.78, 5) is 25.2. The molecule has 0 bridgehead atoms. The molecule has 0 aliphatic rings. The highest BCUT2D eigenvalue weighted by atomic mass is 35.6. The molecule has 0 radical (unpaired) electrons. The average Bonchev–Trinajstić information content (AvgIpc) is 2.71. The van der Waals surface area contributed by atoms with Crippen LogP contribution in [0, 0.1) is 0 Å². The number of hydrogen-bond acceptors (Lipinski definition) is 6. The van der Waals surface area contributed by atoms with E-state index in [1.54, 1.807) is 26.0 Å². The number of carbonyl (C=O) groups excluding carboxylic acids is 2.